The van der Waals surface area contributed by atoms with E-state index in [2.05, 4.69) is 41.2 Å². The first-order valence-corrected chi connectivity index (χ1v) is 7.20. The van der Waals surface area contributed by atoms with Crippen LogP contribution in [0.15, 0.2) is 22.7 Å². The van der Waals surface area contributed by atoms with Gasteiger partial charge in [0, 0.05) is 28.3 Å². The van der Waals surface area contributed by atoms with Crippen molar-refractivity contribution in [3.05, 3.63) is 28.4 Å². The molecule has 0 amide bonds. The van der Waals surface area contributed by atoms with Crippen molar-refractivity contribution in [3.8, 4) is 5.75 Å². The molecule has 2 aromatic rings. The lowest BCUT2D eigenvalue weighted by atomic mass is 10.1. The Morgan fingerprint density at radius 2 is 2.11 bits per heavy atom. The van der Waals surface area contributed by atoms with E-state index in [1.54, 1.807) is 7.11 Å². The summed E-state index contributed by atoms with van der Waals surface area (Å²) < 4.78 is 6.46. The molecular formula is C15H19BrN2O. The molecule has 0 atom stereocenters. The highest BCUT2D eigenvalue weighted by Crippen LogP contribution is 2.36. The molecule has 4 heteroatoms. The molecule has 1 N–H and O–H groups in total. The molecule has 0 aliphatic heterocycles. The summed E-state index contributed by atoms with van der Waals surface area (Å²) in [5.74, 6) is 1.38. The number of fused-ring (bicyclic) bond motifs is 1. The number of rotatable bonds is 4. The molecule has 0 aliphatic carbocycles. The zero-order valence-electron chi connectivity index (χ0n) is 11.7. The number of anilines is 1. The van der Waals surface area contributed by atoms with Crippen LogP contribution in [0.5, 0.6) is 5.75 Å². The fourth-order valence-electron chi connectivity index (χ4n) is 2.21. The van der Waals surface area contributed by atoms with Gasteiger partial charge in [-0.25, -0.2) is 4.98 Å². The molecule has 102 valence electrons. The van der Waals surface area contributed by atoms with E-state index in [9.17, 15) is 0 Å². The van der Waals surface area contributed by atoms with Crippen molar-refractivity contribution in [1.82, 2.24) is 4.98 Å². The predicted octanol–water partition coefficient (Wildman–Crippen LogP) is 4.25. The predicted molar refractivity (Wildman–Crippen MR) is 84.1 cm³/mol. The molecule has 0 radical (unpaired) electrons. The number of benzene rings is 1. The van der Waals surface area contributed by atoms with Crippen LogP contribution in [-0.4, -0.2) is 19.1 Å². The number of aromatic nitrogens is 1. The maximum atomic E-state index is 5.43. The number of hydrogen-bond acceptors (Lipinski definition) is 3. The minimum absolute atomic E-state index is 0.577. The van der Waals surface area contributed by atoms with Crippen molar-refractivity contribution in [2.24, 2.45) is 5.92 Å². The van der Waals surface area contributed by atoms with Crippen molar-refractivity contribution in [3.63, 3.8) is 0 Å². The van der Waals surface area contributed by atoms with E-state index in [4.69, 9.17) is 9.72 Å². The summed E-state index contributed by atoms with van der Waals surface area (Å²) in [6.45, 7) is 4.39. The molecule has 0 saturated heterocycles. The van der Waals surface area contributed by atoms with Gasteiger partial charge in [0.1, 0.15) is 11.3 Å². The fourth-order valence-corrected chi connectivity index (χ4v) is 2.75. The quantitative estimate of drug-likeness (QED) is 0.913. The third kappa shape index (κ3) is 2.84. The molecule has 3 nitrogen and oxygen atoms in total. The van der Waals surface area contributed by atoms with E-state index in [1.165, 1.54) is 0 Å². The van der Waals surface area contributed by atoms with Gasteiger partial charge in [0.2, 0.25) is 0 Å². The lowest BCUT2D eigenvalue weighted by molar-refractivity contribution is 0.418. The Balaban J connectivity index is 2.72. The van der Waals surface area contributed by atoms with E-state index in [1.807, 2.05) is 19.2 Å². The summed E-state index contributed by atoms with van der Waals surface area (Å²) in [7, 11) is 3.61. The van der Waals surface area contributed by atoms with Gasteiger partial charge in [0.15, 0.2) is 0 Å². The maximum Gasteiger partial charge on any atom is 0.145 e. The Labute approximate surface area is 122 Å². The first-order valence-electron chi connectivity index (χ1n) is 6.40. The van der Waals surface area contributed by atoms with Gasteiger partial charge >= 0.3 is 0 Å². The number of nitrogens with one attached hydrogen (secondary N) is 1. The van der Waals surface area contributed by atoms with Crippen LogP contribution in [0.3, 0.4) is 0 Å². The Morgan fingerprint density at radius 3 is 2.68 bits per heavy atom. The summed E-state index contributed by atoms with van der Waals surface area (Å²) in [5, 5.41) is 4.31. The van der Waals surface area contributed by atoms with Crippen molar-refractivity contribution >= 4 is 32.5 Å². The lowest BCUT2D eigenvalue weighted by Crippen LogP contribution is -2.02. The smallest absolute Gasteiger partial charge is 0.145 e. The van der Waals surface area contributed by atoms with Gasteiger partial charge in [0.25, 0.3) is 0 Å². The summed E-state index contributed by atoms with van der Waals surface area (Å²) in [6, 6.07) is 6.05. The monoisotopic (exact) mass is 322 g/mol. The largest absolute Gasteiger partial charge is 0.494 e. The molecule has 0 aliphatic rings. The van der Waals surface area contributed by atoms with Crippen LogP contribution in [-0.2, 0) is 6.42 Å². The van der Waals surface area contributed by atoms with Crippen LogP contribution in [0.4, 0.5) is 5.69 Å². The third-order valence-corrected chi connectivity index (χ3v) is 3.69. The van der Waals surface area contributed by atoms with Crippen LogP contribution >= 0.6 is 15.9 Å². The topological polar surface area (TPSA) is 34.2 Å². The summed E-state index contributed by atoms with van der Waals surface area (Å²) >= 11 is 3.59. The van der Waals surface area contributed by atoms with E-state index in [0.717, 1.165) is 38.9 Å². The normalized spacial score (nSPS) is 11.1. The Kier molecular flexibility index (Phi) is 4.30. The molecule has 0 spiro atoms. The molecule has 0 unspecified atom stereocenters. The van der Waals surface area contributed by atoms with Crippen molar-refractivity contribution in [2.45, 2.75) is 20.3 Å². The molecule has 19 heavy (non-hydrogen) atoms. The first kappa shape index (κ1) is 14.1. The van der Waals surface area contributed by atoms with Gasteiger partial charge in [-0.2, -0.15) is 0 Å². The number of ether oxygens (including phenoxy) is 1. The third-order valence-electron chi connectivity index (χ3n) is 3.03. The Bertz CT molecular complexity index is 596. The van der Waals surface area contributed by atoms with Crippen LogP contribution in [0, 0.1) is 5.92 Å². The molecule has 0 bridgehead atoms. The lowest BCUT2D eigenvalue weighted by Gasteiger charge is -2.14. The average Bonchev–Trinajstić information content (AvgIpc) is 2.37. The van der Waals surface area contributed by atoms with E-state index in [-0.39, 0.29) is 0 Å². The van der Waals surface area contributed by atoms with Gasteiger partial charge in [-0.1, -0.05) is 29.8 Å². The van der Waals surface area contributed by atoms with E-state index in [0.29, 0.717) is 5.92 Å². The van der Waals surface area contributed by atoms with Gasteiger partial charge in [0.05, 0.1) is 7.11 Å². The molecule has 0 fully saturated rings. The minimum atomic E-state index is 0.577. The van der Waals surface area contributed by atoms with Crippen LogP contribution in [0.25, 0.3) is 10.9 Å². The SMILES string of the molecule is CNc1cc(CC(C)C)nc2c(OC)ccc(Br)c12. The van der Waals surface area contributed by atoms with Crippen molar-refractivity contribution < 1.29 is 4.74 Å². The van der Waals surface area contributed by atoms with Crippen LogP contribution in [0.1, 0.15) is 19.5 Å². The van der Waals surface area contributed by atoms with E-state index >= 15 is 0 Å². The second kappa shape index (κ2) is 5.78. The van der Waals surface area contributed by atoms with Gasteiger partial charge in [-0.15, -0.1) is 0 Å². The first-order chi connectivity index (χ1) is 9.06. The second-order valence-corrected chi connectivity index (χ2v) is 5.84. The number of nitrogens with zero attached hydrogens (tertiary/aromatic N) is 1. The number of pyridine rings is 1. The number of halogens is 1. The Hall–Kier alpha value is -1.29. The molecule has 2 rings (SSSR count). The molecule has 1 heterocycles. The molecule has 1 aromatic carbocycles. The molecule has 1 aromatic heterocycles. The highest BCUT2D eigenvalue weighted by molar-refractivity contribution is 9.10. The van der Waals surface area contributed by atoms with Gasteiger partial charge in [-0.05, 0) is 30.5 Å². The summed E-state index contributed by atoms with van der Waals surface area (Å²) in [5.41, 5.74) is 3.06. The number of methoxy groups -OCH3 is 1. The van der Waals surface area contributed by atoms with Gasteiger partial charge in [-0.3, -0.25) is 0 Å². The highest BCUT2D eigenvalue weighted by atomic mass is 79.9. The van der Waals surface area contributed by atoms with Crippen molar-refractivity contribution in [2.75, 3.05) is 19.5 Å². The summed E-state index contributed by atoms with van der Waals surface area (Å²) in [4.78, 5) is 4.76. The second-order valence-electron chi connectivity index (χ2n) is 4.98. The zero-order valence-corrected chi connectivity index (χ0v) is 13.3. The summed E-state index contributed by atoms with van der Waals surface area (Å²) in [6.07, 6.45) is 0.959. The zero-order chi connectivity index (χ0) is 14.0. The standard InChI is InChI=1S/C15H19BrN2O/c1-9(2)7-10-8-12(17-3)14-11(16)5-6-13(19-4)15(14)18-10/h5-6,8-9H,7H2,1-4H3,(H,17,18). The van der Waals surface area contributed by atoms with E-state index < -0.39 is 0 Å². The van der Waals surface area contributed by atoms with Crippen molar-refractivity contribution in [1.29, 1.82) is 0 Å². The highest BCUT2D eigenvalue weighted by Gasteiger charge is 2.13. The maximum absolute atomic E-state index is 5.43. The average molecular weight is 323 g/mol. The molecular weight excluding hydrogens is 304 g/mol. The fraction of sp³-hybridized carbons (Fsp3) is 0.400. The molecule has 0 saturated carbocycles. The number of hydrogen-bond donors (Lipinski definition) is 1. The minimum Gasteiger partial charge on any atom is -0.494 e. The Morgan fingerprint density at radius 1 is 1.37 bits per heavy atom. The van der Waals surface area contributed by atoms with Gasteiger partial charge < -0.3 is 10.1 Å². The van der Waals surface area contributed by atoms with Crippen LogP contribution in [0.2, 0.25) is 0 Å². The van der Waals surface area contributed by atoms with Crippen LogP contribution < -0.4 is 10.1 Å².